The first kappa shape index (κ1) is 15.8. The van der Waals surface area contributed by atoms with E-state index in [1.54, 1.807) is 0 Å². The first-order valence-electron chi connectivity index (χ1n) is 8.09. The van der Waals surface area contributed by atoms with Crippen LogP contribution in [0.5, 0.6) is 0 Å². The summed E-state index contributed by atoms with van der Waals surface area (Å²) in [6.45, 7) is 5.19. The molecule has 5 unspecified atom stereocenters. The molecule has 4 nitrogen and oxygen atoms in total. The van der Waals surface area contributed by atoms with Crippen LogP contribution in [0.15, 0.2) is 0 Å². The molecule has 0 heterocycles. The van der Waals surface area contributed by atoms with E-state index in [0.717, 1.165) is 13.0 Å². The fourth-order valence-electron chi connectivity index (χ4n) is 4.08. The van der Waals surface area contributed by atoms with Crippen LogP contribution in [0.1, 0.15) is 39.5 Å². The van der Waals surface area contributed by atoms with Crippen molar-refractivity contribution in [2.45, 2.75) is 51.6 Å². The van der Waals surface area contributed by atoms with Gasteiger partial charge >= 0.3 is 0 Å². The summed E-state index contributed by atoms with van der Waals surface area (Å²) in [6.07, 6.45) is 4.70. The lowest BCUT2D eigenvalue weighted by Gasteiger charge is -2.30. The Morgan fingerprint density at radius 2 is 1.95 bits per heavy atom. The van der Waals surface area contributed by atoms with E-state index in [0.29, 0.717) is 23.8 Å². The molecule has 0 aromatic rings. The molecule has 2 bridgehead atoms. The number of hydrogen-bond donors (Lipinski definition) is 2. The number of likely N-dealkylation sites (N-methyl/N-ethyl adjacent to an activating group) is 1. The SMILES string of the molecule is CC(C)CC(CNC(=O)C1C2CCC(C2)C1N)N(C)C. The number of carbonyl (C=O) groups excluding carboxylic acids is 1. The van der Waals surface area contributed by atoms with E-state index in [1.807, 2.05) is 0 Å². The number of carbonyl (C=O) groups is 1. The van der Waals surface area contributed by atoms with Crippen LogP contribution in [0.3, 0.4) is 0 Å². The number of hydrogen-bond acceptors (Lipinski definition) is 3. The number of nitrogens with zero attached hydrogens (tertiary/aromatic N) is 1. The summed E-state index contributed by atoms with van der Waals surface area (Å²) < 4.78 is 0. The highest BCUT2D eigenvalue weighted by Gasteiger charge is 2.48. The van der Waals surface area contributed by atoms with Crippen LogP contribution in [0.2, 0.25) is 0 Å². The van der Waals surface area contributed by atoms with Crippen molar-refractivity contribution in [2.75, 3.05) is 20.6 Å². The predicted octanol–water partition coefficient (Wildman–Crippen LogP) is 1.45. The lowest BCUT2D eigenvalue weighted by Crippen LogP contribution is -2.48. The molecular formula is C16H31N3O. The van der Waals surface area contributed by atoms with Gasteiger partial charge < -0.3 is 16.0 Å². The van der Waals surface area contributed by atoms with Crippen molar-refractivity contribution in [1.82, 2.24) is 10.2 Å². The van der Waals surface area contributed by atoms with Gasteiger partial charge in [-0.1, -0.05) is 13.8 Å². The summed E-state index contributed by atoms with van der Waals surface area (Å²) in [5, 5.41) is 3.17. The minimum atomic E-state index is 0.0654. The highest BCUT2D eigenvalue weighted by atomic mass is 16.2. The van der Waals surface area contributed by atoms with Crippen molar-refractivity contribution in [2.24, 2.45) is 29.4 Å². The Bertz CT molecular complexity index is 341. The van der Waals surface area contributed by atoms with Crippen LogP contribution in [-0.2, 0) is 4.79 Å². The van der Waals surface area contributed by atoms with Gasteiger partial charge in [0, 0.05) is 18.6 Å². The predicted molar refractivity (Wildman–Crippen MR) is 82.2 cm³/mol. The van der Waals surface area contributed by atoms with Crippen LogP contribution < -0.4 is 11.1 Å². The third-order valence-corrected chi connectivity index (χ3v) is 5.27. The molecule has 0 aliphatic heterocycles. The molecule has 116 valence electrons. The van der Waals surface area contributed by atoms with Gasteiger partial charge in [0.1, 0.15) is 0 Å². The summed E-state index contributed by atoms with van der Waals surface area (Å²) >= 11 is 0. The van der Waals surface area contributed by atoms with Crippen molar-refractivity contribution in [1.29, 1.82) is 0 Å². The van der Waals surface area contributed by atoms with Crippen LogP contribution in [0.25, 0.3) is 0 Å². The molecule has 4 heteroatoms. The van der Waals surface area contributed by atoms with E-state index >= 15 is 0 Å². The molecule has 0 radical (unpaired) electrons. The third-order valence-electron chi connectivity index (χ3n) is 5.27. The average Bonchev–Trinajstić information content (AvgIpc) is 2.93. The van der Waals surface area contributed by atoms with E-state index in [1.165, 1.54) is 19.3 Å². The average molecular weight is 281 g/mol. The molecule has 5 atom stereocenters. The van der Waals surface area contributed by atoms with Gasteiger partial charge in [0.2, 0.25) is 5.91 Å². The zero-order valence-electron chi connectivity index (χ0n) is 13.4. The molecule has 0 aromatic heterocycles. The summed E-state index contributed by atoms with van der Waals surface area (Å²) in [7, 11) is 4.17. The third kappa shape index (κ3) is 3.34. The Hall–Kier alpha value is -0.610. The number of nitrogens with one attached hydrogen (secondary N) is 1. The normalized spacial score (nSPS) is 34.0. The number of fused-ring (bicyclic) bond motifs is 2. The molecule has 0 spiro atoms. The Morgan fingerprint density at radius 3 is 2.45 bits per heavy atom. The Morgan fingerprint density at radius 1 is 1.30 bits per heavy atom. The second-order valence-corrected chi connectivity index (χ2v) is 7.43. The Kier molecular flexibility index (Phi) is 5.08. The molecule has 2 fully saturated rings. The quantitative estimate of drug-likeness (QED) is 0.775. The lowest BCUT2D eigenvalue weighted by molar-refractivity contribution is -0.127. The van der Waals surface area contributed by atoms with Crippen LogP contribution in [0, 0.1) is 23.7 Å². The minimum Gasteiger partial charge on any atom is -0.354 e. The highest BCUT2D eigenvalue weighted by Crippen LogP contribution is 2.47. The monoisotopic (exact) mass is 281 g/mol. The molecule has 20 heavy (non-hydrogen) atoms. The summed E-state index contributed by atoms with van der Waals surface area (Å²) in [5.41, 5.74) is 6.24. The van der Waals surface area contributed by atoms with Gasteiger partial charge in [0.25, 0.3) is 0 Å². The van der Waals surface area contributed by atoms with E-state index < -0.39 is 0 Å². The van der Waals surface area contributed by atoms with Crippen molar-refractivity contribution >= 4 is 5.91 Å². The number of rotatable bonds is 6. The summed E-state index contributed by atoms with van der Waals surface area (Å²) in [6, 6.07) is 0.505. The van der Waals surface area contributed by atoms with Crippen molar-refractivity contribution < 1.29 is 4.79 Å². The molecule has 2 aliphatic carbocycles. The van der Waals surface area contributed by atoms with Crippen molar-refractivity contribution in [3.8, 4) is 0 Å². The second-order valence-electron chi connectivity index (χ2n) is 7.43. The second kappa shape index (κ2) is 6.44. The van der Waals surface area contributed by atoms with Crippen LogP contribution >= 0.6 is 0 Å². The topological polar surface area (TPSA) is 58.4 Å². The van der Waals surface area contributed by atoms with Crippen molar-refractivity contribution in [3.05, 3.63) is 0 Å². The standard InChI is InChI=1S/C16H31N3O/c1-10(2)7-13(19(3)4)9-18-16(20)14-11-5-6-12(8-11)15(14)17/h10-15H,5-9,17H2,1-4H3,(H,18,20). The Labute approximate surface area is 123 Å². The number of amides is 1. The first-order chi connectivity index (χ1) is 9.40. The zero-order chi connectivity index (χ0) is 14.9. The van der Waals surface area contributed by atoms with Gasteiger partial charge in [-0.25, -0.2) is 0 Å². The minimum absolute atomic E-state index is 0.0654. The summed E-state index contributed by atoms with van der Waals surface area (Å²) in [5.74, 6) is 2.04. The van der Waals surface area contributed by atoms with E-state index in [4.69, 9.17) is 5.73 Å². The van der Waals surface area contributed by atoms with Gasteiger partial charge in [-0.05, 0) is 57.5 Å². The van der Waals surface area contributed by atoms with Gasteiger partial charge in [-0.2, -0.15) is 0 Å². The van der Waals surface area contributed by atoms with Gasteiger partial charge in [-0.15, -0.1) is 0 Å². The lowest BCUT2D eigenvalue weighted by atomic mass is 9.84. The Balaban J connectivity index is 1.85. The van der Waals surface area contributed by atoms with Crippen LogP contribution in [-0.4, -0.2) is 43.5 Å². The fourth-order valence-corrected chi connectivity index (χ4v) is 4.08. The highest BCUT2D eigenvalue weighted by molar-refractivity contribution is 5.80. The molecular weight excluding hydrogens is 250 g/mol. The fraction of sp³-hybridized carbons (Fsp3) is 0.938. The maximum atomic E-state index is 12.4. The van der Waals surface area contributed by atoms with E-state index in [9.17, 15) is 4.79 Å². The maximum absolute atomic E-state index is 12.4. The molecule has 3 N–H and O–H groups in total. The molecule has 2 aliphatic rings. The smallest absolute Gasteiger partial charge is 0.225 e. The molecule has 2 saturated carbocycles. The maximum Gasteiger partial charge on any atom is 0.225 e. The molecule has 2 rings (SSSR count). The number of nitrogens with two attached hydrogens (primary N) is 1. The van der Waals surface area contributed by atoms with Gasteiger partial charge in [0.05, 0.1) is 5.92 Å². The zero-order valence-corrected chi connectivity index (χ0v) is 13.4. The first-order valence-corrected chi connectivity index (χ1v) is 8.09. The largest absolute Gasteiger partial charge is 0.354 e. The summed E-state index contributed by atoms with van der Waals surface area (Å²) in [4.78, 5) is 14.7. The molecule has 0 saturated heterocycles. The van der Waals surface area contributed by atoms with Gasteiger partial charge in [0.15, 0.2) is 0 Å². The van der Waals surface area contributed by atoms with Gasteiger partial charge in [-0.3, -0.25) is 4.79 Å². The van der Waals surface area contributed by atoms with E-state index in [2.05, 4.69) is 38.2 Å². The van der Waals surface area contributed by atoms with Crippen LogP contribution in [0.4, 0.5) is 0 Å². The molecule has 0 aromatic carbocycles. The van der Waals surface area contributed by atoms with E-state index in [-0.39, 0.29) is 17.9 Å². The van der Waals surface area contributed by atoms with Crippen molar-refractivity contribution in [3.63, 3.8) is 0 Å². The molecule has 1 amide bonds.